The molecule has 140 heavy (non-hydrogen) atoms. The summed E-state index contributed by atoms with van der Waals surface area (Å²) in [5.41, 5.74) is 11.6. The minimum absolute atomic E-state index is 0.00182. The van der Waals surface area contributed by atoms with Gasteiger partial charge in [0.2, 0.25) is 0 Å². The Hall–Kier alpha value is -9.96. The molecular weight excluding hydrogens is 1960 g/mol. The van der Waals surface area contributed by atoms with Gasteiger partial charge in [-0.1, -0.05) is 175 Å². The molecule has 28 nitrogen and oxygen atoms in total. The average Bonchev–Trinajstić information content (AvgIpc) is 1.71. The second kappa shape index (κ2) is 46.6. The minimum Gasteiger partial charge on any atom is -0.369 e. The number of anilines is 4. The lowest BCUT2D eigenvalue weighted by atomic mass is 10.1. The molecular formula is C100H120Cl4F4N20O8S4. The zero-order chi connectivity index (χ0) is 99.3. The van der Waals surface area contributed by atoms with E-state index in [4.69, 9.17) is 46.4 Å². The minimum atomic E-state index is -3.34. The summed E-state index contributed by atoms with van der Waals surface area (Å²) in [6, 6.07) is 44.2. The van der Waals surface area contributed by atoms with Crippen molar-refractivity contribution in [3.05, 3.63) is 236 Å². The quantitative estimate of drug-likeness (QED) is 0.0345. The number of rotatable bonds is 33. The Kier molecular flexibility index (Phi) is 34.7. The third kappa shape index (κ3) is 26.7. The fraction of sp³-hybridized carbons (Fsp3) is 0.440. The molecule has 4 saturated heterocycles. The van der Waals surface area contributed by atoms with Crippen molar-refractivity contribution in [2.45, 2.75) is 135 Å². The van der Waals surface area contributed by atoms with Gasteiger partial charge in [-0.05, 0) is 173 Å². The Labute approximate surface area is 838 Å². The van der Waals surface area contributed by atoms with Crippen molar-refractivity contribution in [2.24, 2.45) is 5.92 Å². The predicted octanol–water partition coefficient (Wildman–Crippen LogP) is 17.7. The molecule has 0 bridgehead atoms. The Morgan fingerprint density at radius 3 is 0.850 bits per heavy atom. The fourth-order valence-corrected chi connectivity index (χ4v) is 25.5. The highest BCUT2D eigenvalue weighted by atomic mass is 35.5. The van der Waals surface area contributed by atoms with E-state index < -0.39 is 62.6 Å². The number of piperazine rings is 4. The van der Waals surface area contributed by atoms with Crippen LogP contribution < -0.4 is 19.6 Å². The van der Waals surface area contributed by atoms with Crippen molar-refractivity contribution in [1.29, 1.82) is 0 Å². The maximum absolute atomic E-state index is 14.8. The first-order valence-corrected chi connectivity index (χ1v) is 56.7. The molecule has 4 aliphatic heterocycles. The summed E-state index contributed by atoms with van der Waals surface area (Å²) in [4.78, 5) is 19.5. The number of benzene rings is 8. The number of hydrogen-bond donors (Lipinski definition) is 0. The molecule has 0 unspecified atom stereocenters. The number of likely N-dealkylation sites (N-methyl/N-ethyl adjacent to an activating group) is 1. The van der Waals surface area contributed by atoms with E-state index in [0.29, 0.717) is 76.8 Å². The molecule has 6 aliphatic rings. The number of hydrogen-bond acceptors (Lipinski definition) is 24. The fourth-order valence-electron chi connectivity index (χ4n) is 18.0. The molecule has 6 fully saturated rings. The standard InChI is InChI=1S/C26H31ClFN5O2S.C25H29ClFN5O2S.C25H31ClFN5O2S.C24H29ClFN5O2S/c1-2-14-36(34,35)18-21-8-9-23(28)26(25(21)27)33-17-24(29-30-33)20-4-3-5-22(15-20)32-12-10-31(11-13-32)16-19-6-7-19;1-2-14-35(33,34)17-19-6-9-22(27)25(24(19)26)32-16-23(28-29-32)18-4-3-5-21(15-18)31-12-10-30(11-13-31)20-7-8-20;1-4-14-35(33,34)17-20-8-9-22(27)25(24(20)26)32-16-23(28-29-32)19-6-5-7-21(15-19)31-12-10-30(11-13-31)18(2)3;1-3-14-34(32,33)17-19-8-9-21(26)24(23(19)25)31-16-22(27-28-31)18-6-5-7-20(15-18)30-12-10-29(4-2)11-13-30/h3-5,8-9,15,17,19H,2,6-7,10-14,16,18H2,1H3;3-6,9,15-16,20H,2,7-8,10-14,17H2,1H3;5-9,15-16,18H,4,10-14,17H2,1-3H3;5-9,15-16H,3-4,10-14,17H2,1-2H3. The van der Waals surface area contributed by atoms with Crippen LogP contribution in [0.1, 0.15) is 122 Å². The summed E-state index contributed by atoms with van der Waals surface area (Å²) >= 11 is 25.9. The van der Waals surface area contributed by atoms with Crippen LogP contribution in [0.5, 0.6) is 0 Å². The van der Waals surface area contributed by atoms with Crippen LogP contribution in [0.4, 0.5) is 40.3 Å². The van der Waals surface area contributed by atoms with Crippen LogP contribution in [0, 0.1) is 29.2 Å². The van der Waals surface area contributed by atoms with Crippen molar-refractivity contribution in [1.82, 2.24) is 79.6 Å². The van der Waals surface area contributed by atoms with E-state index in [1.807, 2.05) is 48.5 Å². The van der Waals surface area contributed by atoms with Crippen molar-refractivity contribution in [3.8, 4) is 67.8 Å². The Bertz CT molecular complexity index is 6610. The lowest BCUT2D eigenvalue weighted by Gasteiger charge is -2.38. The van der Waals surface area contributed by atoms with Crippen molar-refractivity contribution in [2.75, 3.05) is 160 Å². The highest BCUT2D eigenvalue weighted by molar-refractivity contribution is 7.91. The maximum atomic E-state index is 14.8. The van der Waals surface area contributed by atoms with E-state index in [1.54, 1.807) is 52.5 Å². The van der Waals surface area contributed by atoms with Gasteiger partial charge in [-0.2, -0.15) is 0 Å². The van der Waals surface area contributed by atoms with Crippen molar-refractivity contribution < 1.29 is 51.2 Å². The Balaban J connectivity index is 0.000000141. The van der Waals surface area contributed by atoms with E-state index in [1.165, 1.54) is 99.5 Å². The molecule has 0 spiro atoms. The van der Waals surface area contributed by atoms with Gasteiger partial charge in [-0.3, -0.25) is 14.7 Å². The van der Waals surface area contributed by atoms with E-state index in [0.717, 1.165) is 168 Å². The lowest BCUT2D eigenvalue weighted by molar-refractivity contribution is 0.209. The largest absolute Gasteiger partial charge is 0.369 e. The molecule has 0 amide bonds. The van der Waals surface area contributed by atoms with Crippen LogP contribution in [0.3, 0.4) is 0 Å². The summed E-state index contributed by atoms with van der Waals surface area (Å²) in [5.74, 6) is -2.26. The van der Waals surface area contributed by atoms with Gasteiger partial charge < -0.3 is 24.5 Å². The summed E-state index contributed by atoms with van der Waals surface area (Å²) in [6.07, 6.45) is 13.9. The Morgan fingerprint density at radius 1 is 0.336 bits per heavy atom. The first-order chi connectivity index (χ1) is 67.2. The van der Waals surface area contributed by atoms with Gasteiger partial charge in [0.15, 0.2) is 39.3 Å². The highest BCUT2D eigenvalue weighted by Gasteiger charge is 2.34. The summed E-state index contributed by atoms with van der Waals surface area (Å²) < 4.78 is 163. The van der Waals surface area contributed by atoms with Crippen LogP contribution in [0.2, 0.25) is 20.1 Å². The SMILES string of the molecule is CCCS(=O)(=O)Cc1ccc(F)c(-n2cc(-c3cccc(N4CCN(C(C)C)CC4)c3)nn2)c1Cl.CCCS(=O)(=O)Cc1ccc(F)c(-n2cc(-c3cccc(N4CCN(C5CC5)CC4)c3)nn2)c1Cl.CCCS(=O)(=O)Cc1ccc(F)c(-n2cc(-c3cccc(N4CCN(CC)CC4)c3)nn2)c1Cl.CCCS(=O)(=O)Cc1ccc(F)c(-n2cc(-c3cccc(N4CCN(CC5CC5)CC4)c3)nn2)c1Cl. The molecule has 4 aromatic heterocycles. The number of halogens is 8. The van der Waals surface area contributed by atoms with Gasteiger partial charge >= 0.3 is 0 Å². The van der Waals surface area contributed by atoms with Crippen LogP contribution in [-0.4, -0.2) is 266 Å². The number of nitrogens with zero attached hydrogens (tertiary/aromatic N) is 20. The molecule has 8 aromatic carbocycles. The molecule has 2 saturated carbocycles. The second-order valence-electron chi connectivity index (χ2n) is 36.8. The molecule has 748 valence electrons. The normalized spacial score (nSPS) is 16.1. The lowest BCUT2D eigenvalue weighted by Crippen LogP contribution is -2.48. The van der Waals surface area contributed by atoms with Crippen LogP contribution in [0.15, 0.2) is 170 Å². The molecule has 0 N–H and O–H groups in total. The smallest absolute Gasteiger partial charge is 0.154 e. The Morgan fingerprint density at radius 2 is 0.600 bits per heavy atom. The van der Waals surface area contributed by atoms with E-state index >= 15 is 0 Å². The van der Waals surface area contributed by atoms with Crippen LogP contribution in [-0.2, 0) is 62.4 Å². The van der Waals surface area contributed by atoms with Crippen LogP contribution in [0.25, 0.3) is 67.8 Å². The van der Waals surface area contributed by atoms with Gasteiger partial charge in [-0.15, -0.1) is 20.4 Å². The van der Waals surface area contributed by atoms with Crippen LogP contribution >= 0.6 is 46.4 Å². The third-order valence-corrected chi connectivity index (χ3v) is 34.7. The second-order valence-corrected chi connectivity index (χ2v) is 47.0. The van der Waals surface area contributed by atoms with Crippen molar-refractivity contribution >= 4 is 109 Å². The summed E-state index contributed by atoms with van der Waals surface area (Å²) in [6.45, 7) is 32.2. The molecule has 40 heteroatoms. The first kappa shape index (κ1) is 104. The van der Waals surface area contributed by atoms with E-state index in [9.17, 15) is 51.2 Å². The summed E-state index contributed by atoms with van der Waals surface area (Å²) in [7, 11) is -13.4. The number of aromatic nitrogens is 12. The molecule has 0 atom stereocenters. The topological polar surface area (TPSA) is 285 Å². The third-order valence-electron chi connectivity index (χ3n) is 25.9. The molecule has 0 radical (unpaired) electrons. The van der Waals surface area contributed by atoms with Gasteiger partial charge in [0, 0.05) is 168 Å². The zero-order valence-electron chi connectivity index (χ0n) is 79.8. The van der Waals surface area contributed by atoms with E-state index in [-0.39, 0.29) is 88.9 Å². The number of sulfone groups is 4. The zero-order valence-corrected chi connectivity index (χ0v) is 86.1. The molecule has 12 aromatic rings. The highest BCUT2D eigenvalue weighted by Crippen LogP contribution is 2.39. The van der Waals surface area contributed by atoms with Gasteiger partial charge in [0.25, 0.3) is 0 Å². The maximum Gasteiger partial charge on any atom is 0.154 e. The summed E-state index contributed by atoms with van der Waals surface area (Å²) in [5, 5.41) is 33.5. The molecule has 2 aliphatic carbocycles. The molecule has 8 heterocycles. The first-order valence-electron chi connectivity index (χ1n) is 47.9. The van der Waals surface area contributed by atoms with E-state index in [2.05, 4.69) is 150 Å². The van der Waals surface area contributed by atoms with Crippen molar-refractivity contribution in [3.63, 3.8) is 0 Å². The van der Waals surface area contributed by atoms with Gasteiger partial charge in [0.05, 0.1) is 90.9 Å². The van der Waals surface area contributed by atoms with Gasteiger partial charge in [-0.25, -0.2) is 70.0 Å². The average molecular weight is 2080 g/mol. The van der Waals surface area contributed by atoms with Gasteiger partial charge in [0.1, 0.15) is 68.8 Å². The predicted molar refractivity (Wildman–Crippen MR) is 550 cm³/mol. The monoisotopic (exact) mass is 2070 g/mol. The molecule has 18 rings (SSSR count).